The van der Waals surface area contributed by atoms with Gasteiger partial charge in [-0.05, 0) is 49.5 Å². The average molecular weight is 377 g/mol. The van der Waals surface area contributed by atoms with Crippen LogP contribution in [-0.4, -0.2) is 29.5 Å². The number of hydrogen-bond acceptors (Lipinski definition) is 3. The molecule has 3 atom stereocenters. The molecule has 0 aromatic heterocycles. The van der Waals surface area contributed by atoms with Crippen molar-refractivity contribution in [1.82, 2.24) is 21.5 Å². The third-order valence-electron chi connectivity index (χ3n) is 5.03. The second kappa shape index (κ2) is 9.52. The van der Waals surface area contributed by atoms with E-state index in [9.17, 15) is 9.59 Å². The molecule has 2 amide bonds. The summed E-state index contributed by atoms with van der Waals surface area (Å²) in [6, 6.07) is 7.52. The Morgan fingerprint density at radius 2 is 1.96 bits per heavy atom. The summed E-state index contributed by atoms with van der Waals surface area (Å²) in [6.07, 6.45) is 3.51. The maximum Gasteiger partial charge on any atom is 0.257 e. The summed E-state index contributed by atoms with van der Waals surface area (Å²) in [5.74, 6) is 0.554. The van der Waals surface area contributed by atoms with Crippen molar-refractivity contribution in [3.8, 4) is 0 Å². The molecule has 26 heavy (non-hydrogen) atoms. The van der Waals surface area contributed by atoms with Crippen LogP contribution >= 0.6 is 12.2 Å². The van der Waals surface area contributed by atoms with Crippen molar-refractivity contribution in [3.63, 3.8) is 0 Å². The molecular formula is C19H28N4O2S. The van der Waals surface area contributed by atoms with Gasteiger partial charge in [-0.25, -0.2) is 0 Å². The third-order valence-corrected chi connectivity index (χ3v) is 5.25. The SMILES string of the molecule is Cc1cccc(C(=O)NCC(=O)NNC(=S)N[C@H]2CCC[C@H](C)[C@@H]2C)c1. The molecule has 1 aliphatic carbocycles. The number of hydrogen-bond donors (Lipinski definition) is 4. The van der Waals surface area contributed by atoms with Gasteiger partial charge in [-0.15, -0.1) is 0 Å². The highest BCUT2D eigenvalue weighted by atomic mass is 32.1. The molecule has 0 aliphatic heterocycles. The predicted octanol–water partition coefficient (Wildman–Crippen LogP) is 2.04. The second-order valence-corrected chi connectivity index (χ2v) is 7.48. The van der Waals surface area contributed by atoms with Crippen molar-refractivity contribution in [1.29, 1.82) is 0 Å². The Kier molecular flexibility index (Phi) is 7.38. The van der Waals surface area contributed by atoms with E-state index in [-0.39, 0.29) is 18.4 Å². The fraction of sp³-hybridized carbons (Fsp3) is 0.526. The Labute approximate surface area is 160 Å². The molecule has 2 rings (SSSR count). The molecule has 6 nitrogen and oxygen atoms in total. The number of amides is 2. The van der Waals surface area contributed by atoms with Crippen molar-refractivity contribution in [2.45, 2.75) is 46.1 Å². The van der Waals surface area contributed by atoms with Crippen LogP contribution in [0, 0.1) is 18.8 Å². The molecule has 0 heterocycles. The monoisotopic (exact) mass is 376 g/mol. The Hall–Kier alpha value is -2.15. The van der Waals surface area contributed by atoms with Crippen LogP contribution in [0.25, 0.3) is 0 Å². The largest absolute Gasteiger partial charge is 0.358 e. The van der Waals surface area contributed by atoms with E-state index in [0.717, 1.165) is 12.0 Å². The standard InChI is InChI=1S/C19H28N4O2S/c1-12-6-4-8-15(10-12)18(25)20-11-17(24)22-23-19(26)21-16-9-5-7-13(2)14(16)3/h4,6,8,10,13-14,16H,5,7,9,11H2,1-3H3,(H,20,25)(H,22,24)(H2,21,23,26)/t13-,14-,16-/m0/s1. The summed E-state index contributed by atoms with van der Waals surface area (Å²) in [5, 5.41) is 6.26. The first-order chi connectivity index (χ1) is 12.4. The van der Waals surface area contributed by atoms with Crippen LogP contribution in [0.3, 0.4) is 0 Å². The predicted molar refractivity (Wildman–Crippen MR) is 106 cm³/mol. The van der Waals surface area contributed by atoms with E-state index in [2.05, 4.69) is 35.3 Å². The first kappa shape index (κ1) is 20.2. The molecular weight excluding hydrogens is 348 g/mol. The number of thiocarbonyl (C=S) groups is 1. The van der Waals surface area contributed by atoms with Gasteiger partial charge in [-0.2, -0.15) is 0 Å². The number of rotatable bonds is 4. The van der Waals surface area contributed by atoms with Gasteiger partial charge in [0.15, 0.2) is 5.11 Å². The molecule has 0 bridgehead atoms. The Morgan fingerprint density at radius 1 is 1.19 bits per heavy atom. The summed E-state index contributed by atoms with van der Waals surface area (Å²) in [4.78, 5) is 23.9. The van der Waals surface area contributed by atoms with Gasteiger partial charge < -0.3 is 10.6 Å². The molecule has 142 valence electrons. The van der Waals surface area contributed by atoms with Crippen molar-refractivity contribution in [2.24, 2.45) is 11.8 Å². The van der Waals surface area contributed by atoms with E-state index >= 15 is 0 Å². The van der Waals surface area contributed by atoms with Crippen LogP contribution in [0.15, 0.2) is 24.3 Å². The van der Waals surface area contributed by atoms with Crippen molar-refractivity contribution < 1.29 is 9.59 Å². The highest BCUT2D eigenvalue weighted by Crippen LogP contribution is 2.29. The average Bonchev–Trinajstić information content (AvgIpc) is 2.61. The lowest BCUT2D eigenvalue weighted by Gasteiger charge is -2.35. The minimum absolute atomic E-state index is 0.126. The number of carbonyl (C=O) groups excluding carboxylic acids is 2. The molecule has 0 unspecified atom stereocenters. The molecule has 7 heteroatoms. The Balaban J connectivity index is 1.69. The molecule has 1 saturated carbocycles. The molecule has 4 N–H and O–H groups in total. The summed E-state index contributed by atoms with van der Waals surface area (Å²) in [5.41, 5.74) is 6.74. The van der Waals surface area contributed by atoms with Crippen LogP contribution in [0.1, 0.15) is 49.0 Å². The number of benzene rings is 1. The number of nitrogens with one attached hydrogen (secondary N) is 4. The number of carbonyl (C=O) groups is 2. The normalized spacial score (nSPS) is 22.2. The van der Waals surface area contributed by atoms with Crippen LogP contribution in [0.5, 0.6) is 0 Å². The zero-order valence-electron chi connectivity index (χ0n) is 15.6. The lowest BCUT2D eigenvalue weighted by atomic mass is 9.78. The van der Waals surface area contributed by atoms with Crippen molar-refractivity contribution in [3.05, 3.63) is 35.4 Å². The third kappa shape index (κ3) is 5.98. The fourth-order valence-corrected chi connectivity index (χ4v) is 3.41. The Bertz CT molecular complexity index is 665. The van der Waals surface area contributed by atoms with Gasteiger partial charge in [0.2, 0.25) is 0 Å². The van der Waals surface area contributed by atoms with Crippen LogP contribution in [0.4, 0.5) is 0 Å². The molecule has 0 radical (unpaired) electrons. The number of hydrazine groups is 1. The lowest BCUT2D eigenvalue weighted by molar-refractivity contribution is -0.120. The highest BCUT2D eigenvalue weighted by Gasteiger charge is 2.27. The van der Waals surface area contributed by atoms with E-state index in [4.69, 9.17) is 12.2 Å². The van der Waals surface area contributed by atoms with Crippen LogP contribution < -0.4 is 21.5 Å². The summed E-state index contributed by atoms with van der Waals surface area (Å²) >= 11 is 5.25. The first-order valence-corrected chi connectivity index (χ1v) is 9.48. The van der Waals surface area contributed by atoms with Crippen LogP contribution in [-0.2, 0) is 4.79 Å². The summed E-state index contributed by atoms with van der Waals surface area (Å²) < 4.78 is 0. The quantitative estimate of drug-likeness (QED) is 0.478. The van der Waals surface area contributed by atoms with Crippen molar-refractivity contribution in [2.75, 3.05) is 6.54 Å². The highest BCUT2D eigenvalue weighted by molar-refractivity contribution is 7.80. The van der Waals surface area contributed by atoms with E-state index < -0.39 is 0 Å². The molecule has 0 saturated heterocycles. The van der Waals surface area contributed by atoms with Gasteiger partial charge >= 0.3 is 0 Å². The van der Waals surface area contributed by atoms with Gasteiger partial charge in [0, 0.05) is 11.6 Å². The fourth-order valence-electron chi connectivity index (χ4n) is 3.21. The summed E-state index contributed by atoms with van der Waals surface area (Å²) in [7, 11) is 0. The minimum atomic E-state index is -0.361. The molecule has 0 spiro atoms. The smallest absolute Gasteiger partial charge is 0.257 e. The number of aryl methyl sites for hydroxylation is 1. The van der Waals surface area contributed by atoms with Crippen molar-refractivity contribution >= 4 is 29.1 Å². The van der Waals surface area contributed by atoms with Gasteiger partial charge in [-0.3, -0.25) is 20.4 Å². The zero-order chi connectivity index (χ0) is 19.1. The molecule has 1 aliphatic rings. The zero-order valence-corrected chi connectivity index (χ0v) is 16.4. The van der Waals surface area contributed by atoms with Gasteiger partial charge in [0.25, 0.3) is 11.8 Å². The molecule has 1 fully saturated rings. The van der Waals surface area contributed by atoms with Gasteiger partial charge in [0.05, 0.1) is 6.54 Å². The summed E-state index contributed by atoms with van der Waals surface area (Å²) in [6.45, 7) is 6.27. The van der Waals surface area contributed by atoms with E-state index in [1.807, 2.05) is 19.1 Å². The Morgan fingerprint density at radius 3 is 2.69 bits per heavy atom. The van der Waals surface area contributed by atoms with Gasteiger partial charge in [-0.1, -0.05) is 44.4 Å². The molecule has 1 aromatic rings. The van der Waals surface area contributed by atoms with Crippen LogP contribution in [0.2, 0.25) is 0 Å². The molecule has 1 aromatic carbocycles. The van der Waals surface area contributed by atoms with E-state index in [1.165, 1.54) is 12.8 Å². The van der Waals surface area contributed by atoms with Gasteiger partial charge in [0.1, 0.15) is 0 Å². The van der Waals surface area contributed by atoms with E-state index in [1.54, 1.807) is 12.1 Å². The van der Waals surface area contributed by atoms with E-state index in [0.29, 0.717) is 28.6 Å². The second-order valence-electron chi connectivity index (χ2n) is 7.07. The first-order valence-electron chi connectivity index (χ1n) is 9.07. The maximum atomic E-state index is 12.0. The topological polar surface area (TPSA) is 82.3 Å². The lowest BCUT2D eigenvalue weighted by Crippen LogP contribution is -2.53. The maximum absolute atomic E-state index is 12.0. The minimum Gasteiger partial charge on any atom is -0.358 e.